The third kappa shape index (κ3) is 43.7. The van der Waals surface area contributed by atoms with E-state index in [4.69, 9.17) is 0 Å². The summed E-state index contributed by atoms with van der Waals surface area (Å²) in [7, 11) is 0. The minimum Gasteiger partial charge on any atom is -0.394 e. The van der Waals surface area contributed by atoms with E-state index >= 15 is 0 Å². The van der Waals surface area contributed by atoms with E-state index in [-0.39, 0.29) is 12.5 Å². The van der Waals surface area contributed by atoms with Gasteiger partial charge in [0.2, 0.25) is 5.91 Å². The summed E-state index contributed by atoms with van der Waals surface area (Å²) in [5, 5.41) is 23.1. The van der Waals surface area contributed by atoms with E-state index in [2.05, 4.69) is 43.5 Å². The zero-order valence-corrected chi connectivity index (χ0v) is 37.9. The molecule has 0 spiro atoms. The minimum absolute atomic E-state index is 0.0728. The highest BCUT2D eigenvalue weighted by Crippen LogP contribution is 2.16. The molecule has 330 valence electrons. The fourth-order valence-corrected chi connectivity index (χ4v) is 7.72. The number of aliphatic hydroxyl groups is 2. The summed E-state index contributed by atoms with van der Waals surface area (Å²) in [6.45, 7) is 4.32. The second-order valence-electron chi connectivity index (χ2n) is 17.2. The van der Waals surface area contributed by atoms with Crippen LogP contribution in [0.2, 0.25) is 0 Å². The van der Waals surface area contributed by atoms with E-state index in [1.807, 2.05) is 6.08 Å². The smallest absolute Gasteiger partial charge is 0.220 e. The van der Waals surface area contributed by atoms with Crippen LogP contribution in [0.15, 0.2) is 36.5 Å². The third-order valence-corrected chi connectivity index (χ3v) is 11.6. The monoisotopic (exact) mass is 786 g/mol. The van der Waals surface area contributed by atoms with Gasteiger partial charge in [-0.2, -0.15) is 0 Å². The fraction of sp³-hybridized carbons (Fsp3) is 0.865. The number of aliphatic hydroxyl groups excluding tert-OH is 2. The van der Waals surface area contributed by atoms with E-state index in [1.54, 1.807) is 6.08 Å². The van der Waals surface area contributed by atoms with E-state index in [1.165, 1.54) is 218 Å². The second-order valence-corrected chi connectivity index (χ2v) is 17.2. The normalized spacial score (nSPS) is 13.1. The second kappa shape index (κ2) is 48.0. The van der Waals surface area contributed by atoms with Gasteiger partial charge in [0, 0.05) is 6.42 Å². The highest BCUT2D eigenvalue weighted by Gasteiger charge is 2.17. The summed E-state index contributed by atoms with van der Waals surface area (Å²) < 4.78 is 0. The Hall–Kier alpha value is -1.39. The molecule has 0 aromatic carbocycles. The first-order valence-corrected chi connectivity index (χ1v) is 25.2. The number of amides is 1. The lowest BCUT2D eigenvalue weighted by atomic mass is 10.0. The SMILES string of the molecule is CCCCCCCCCCCCCC/C=C\CCCCCCCCCCCCC(=O)NC(CO)C(O)/C=C/CC/C=C/CCCCCCCCCCCCCC. The van der Waals surface area contributed by atoms with Crippen LogP contribution in [0, 0.1) is 0 Å². The van der Waals surface area contributed by atoms with Crippen molar-refractivity contribution in [3.8, 4) is 0 Å². The largest absolute Gasteiger partial charge is 0.394 e. The molecule has 0 bridgehead atoms. The molecule has 2 unspecified atom stereocenters. The molecule has 2 atom stereocenters. The molecule has 3 N–H and O–H groups in total. The summed E-state index contributed by atoms with van der Waals surface area (Å²) in [5.74, 6) is -0.0728. The van der Waals surface area contributed by atoms with Crippen LogP contribution < -0.4 is 5.32 Å². The van der Waals surface area contributed by atoms with Gasteiger partial charge in [0.25, 0.3) is 0 Å². The van der Waals surface area contributed by atoms with Crippen molar-refractivity contribution in [2.45, 2.75) is 283 Å². The standard InChI is InChI=1S/C52H99NO3/c1-3-5-7-9-11-13-15-17-19-21-23-24-25-26-27-28-29-30-32-34-36-38-40-42-44-46-48-52(56)53-50(49-54)51(55)47-45-43-41-39-37-35-33-31-22-20-18-16-14-12-10-8-6-4-2/h26-27,37,39,45,47,50-51,54-55H,3-25,28-36,38,40-44,46,48-49H2,1-2H3,(H,53,56)/b27-26-,39-37+,47-45+. The number of carbonyl (C=O) groups excluding carboxylic acids is 1. The van der Waals surface area contributed by atoms with Crippen molar-refractivity contribution < 1.29 is 15.0 Å². The average Bonchev–Trinajstić information content (AvgIpc) is 3.20. The van der Waals surface area contributed by atoms with Gasteiger partial charge >= 0.3 is 0 Å². The lowest BCUT2D eigenvalue weighted by Gasteiger charge is -2.19. The van der Waals surface area contributed by atoms with Gasteiger partial charge in [-0.25, -0.2) is 0 Å². The molecular formula is C52H99NO3. The first-order chi connectivity index (χ1) is 27.7. The van der Waals surface area contributed by atoms with Crippen molar-refractivity contribution in [1.82, 2.24) is 5.32 Å². The molecule has 0 rings (SSSR count). The van der Waals surface area contributed by atoms with E-state index in [0.29, 0.717) is 6.42 Å². The Labute approximate surface area is 351 Å². The number of hydrogen-bond acceptors (Lipinski definition) is 3. The number of rotatable bonds is 46. The third-order valence-electron chi connectivity index (χ3n) is 11.6. The van der Waals surface area contributed by atoms with E-state index < -0.39 is 12.1 Å². The number of hydrogen-bond donors (Lipinski definition) is 3. The Morgan fingerprint density at radius 1 is 0.411 bits per heavy atom. The Kier molecular flexibility index (Phi) is 46.8. The van der Waals surface area contributed by atoms with Crippen molar-refractivity contribution >= 4 is 5.91 Å². The summed E-state index contributed by atoms with van der Waals surface area (Å²) in [5.41, 5.74) is 0. The Balaban J connectivity index is 3.54. The van der Waals surface area contributed by atoms with Crippen LogP contribution in [0.25, 0.3) is 0 Å². The molecule has 56 heavy (non-hydrogen) atoms. The van der Waals surface area contributed by atoms with Crippen LogP contribution in [0.1, 0.15) is 271 Å². The maximum absolute atomic E-state index is 12.4. The van der Waals surface area contributed by atoms with Gasteiger partial charge in [-0.1, -0.05) is 243 Å². The van der Waals surface area contributed by atoms with Gasteiger partial charge in [0.15, 0.2) is 0 Å². The predicted octanol–water partition coefficient (Wildman–Crippen LogP) is 16.1. The highest BCUT2D eigenvalue weighted by molar-refractivity contribution is 5.76. The summed E-state index contributed by atoms with van der Waals surface area (Å²) in [6.07, 6.45) is 64.2. The lowest BCUT2D eigenvalue weighted by Crippen LogP contribution is -2.45. The van der Waals surface area contributed by atoms with E-state index in [9.17, 15) is 15.0 Å². The summed E-state index contributed by atoms with van der Waals surface area (Å²) in [6, 6.07) is -0.639. The summed E-state index contributed by atoms with van der Waals surface area (Å²) >= 11 is 0. The molecule has 0 fully saturated rings. The zero-order chi connectivity index (χ0) is 40.7. The first kappa shape index (κ1) is 54.6. The molecule has 4 nitrogen and oxygen atoms in total. The Bertz CT molecular complexity index is 851. The molecule has 0 aliphatic carbocycles. The molecule has 0 aromatic heterocycles. The molecule has 0 heterocycles. The average molecular weight is 786 g/mol. The molecule has 4 heteroatoms. The highest BCUT2D eigenvalue weighted by atomic mass is 16.3. The van der Waals surface area contributed by atoms with Gasteiger partial charge in [-0.3, -0.25) is 4.79 Å². The van der Waals surface area contributed by atoms with Crippen molar-refractivity contribution in [2.24, 2.45) is 0 Å². The zero-order valence-electron chi connectivity index (χ0n) is 37.9. The molecule has 0 saturated heterocycles. The molecule has 0 radical (unpaired) electrons. The first-order valence-electron chi connectivity index (χ1n) is 25.2. The van der Waals surface area contributed by atoms with E-state index in [0.717, 1.165) is 32.1 Å². The lowest BCUT2D eigenvalue weighted by molar-refractivity contribution is -0.123. The van der Waals surface area contributed by atoms with Crippen LogP contribution in [0.5, 0.6) is 0 Å². The molecule has 0 aliphatic rings. The van der Waals surface area contributed by atoms with Crippen LogP contribution in [-0.2, 0) is 4.79 Å². The minimum atomic E-state index is -0.862. The van der Waals surface area contributed by atoms with Gasteiger partial charge in [0.05, 0.1) is 18.8 Å². The van der Waals surface area contributed by atoms with Crippen molar-refractivity contribution in [3.05, 3.63) is 36.5 Å². The van der Waals surface area contributed by atoms with Gasteiger partial charge in [-0.15, -0.1) is 0 Å². The molecule has 0 aliphatic heterocycles. The maximum Gasteiger partial charge on any atom is 0.220 e. The van der Waals surface area contributed by atoms with Crippen molar-refractivity contribution in [3.63, 3.8) is 0 Å². The number of nitrogens with one attached hydrogen (secondary N) is 1. The van der Waals surface area contributed by atoms with Crippen molar-refractivity contribution in [1.29, 1.82) is 0 Å². The molecular weight excluding hydrogens is 687 g/mol. The van der Waals surface area contributed by atoms with Crippen LogP contribution >= 0.6 is 0 Å². The number of unbranched alkanes of at least 4 members (excludes halogenated alkanes) is 35. The molecule has 0 saturated carbocycles. The van der Waals surface area contributed by atoms with Gasteiger partial charge in [0.1, 0.15) is 0 Å². The van der Waals surface area contributed by atoms with Crippen LogP contribution in [-0.4, -0.2) is 34.9 Å². The Morgan fingerprint density at radius 2 is 0.696 bits per heavy atom. The van der Waals surface area contributed by atoms with Crippen LogP contribution in [0.3, 0.4) is 0 Å². The number of allylic oxidation sites excluding steroid dienone is 5. The quantitative estimate of drug-likeness (QED) is 0.0425. The topological polar surface area (TPSA) is 69.6 Å². The summed E-state index contributed by atoms with van der Waals surface area (Å²) in [4.78, 5) is 12.4. The predicted molar refractivity (Wildman–Crippen MR) is 248 cm³/mol. The van der Waals surface area contributed by atoms with Crippen molar-refractivity contribution in [2.75, 3.05) is 6.61 Å². The molecule has 0 aromatic rings. The fourth-order valence-electron chi connectivity index (χ4n) is 7.72. The number of carbonyl (C=O) groups is 1. The Morgan fingerprint density at radius 3 is 1.04 bits per heavy atom. The van der Waals surface area contributed by atoms with Gasteiger partial charge in [-0.05, 0) is 57.8 Å². The maximum atomic E-state index is 12.4. The van der Waals surface area contributed by atoms with Gasteiger partial charge < -0.3 is 15.5 Å². The van der Waals surface area contributed by atoms with Crippen LogP contribution in [0.4, 0.5) is 0 Å². The molecule has 1 amide bonds.